The molecule has 20 heavy (non-hydrogen) atoms. The van der Waals surface area contributed by atoms with Crippen molar-refractivity contribution < 1.29 is 8.42 Å². The lowest BCUT2D eigenvalue weighted by atomic mass is 10.1. The number of nitrogens with one attached hydrogen (secondary N) is 1. The van der Waals surface area contributed by atoms with Crippen LogP contribution < -0.4 is 10.2 Å². The smallest absolute Gasteiger partial charge is 0.231 e. The maximum atomic E-state index is 11.1. The molecule has 0 unspecified atom stereocenters. The molecule has 7 nitrogen and oxygen atoms in total. The average Bonchev–Trinajstić information content (AvgIpc) is 2.37. The summed E-state index contributed by atoms with van der Waals surface area (Å²) in [5, 5.41) is 2.98. The van der Waals surface area contributed by atoms with Crippen LogP contribution in [0.4, 0.5) is 11.9 Å². The lowest BCUT2D eigenvalue weighted by Gasteiger charge is -2.26. The number of piperidine rings is 1. The fraction of sp³-hybridized carbons (Fsp3) is 0.727. The third-order valence-electron chi connectivity index (χ3n) is 2.99. The van der Waals surface area contributed by atoms with Crippen LogP contribution in [0.15, 0.2) is 0 Å². The molecule has 1 fully saturated rings. The number of anilines is 2. The molecule has 112 valence electrons. The summed E-state index contributed by atoms with van der Waals surface area (Å²) in [6.07, 6.45) is 4.63. The van der Waals surface area contributed by atoms with Gasteiger partial charge in [0.15, 0.2) is 0 Å². The van der Waals surface area contributed by atoms with E-state index in [4.69, 9.17) is 11.6 Å². The summed E-state index contributed by atoms with van der Waals surface area (Å²) in [5.41, 5.74) is 0. The molecule has 0 radical (unpaired) electrons. The third-order valence-corrected chi connectivity index (χ3v) is 4.11. The van der Waals surface area contributed by atoms with Crippen molar-refractivity contribution in [2.45, 2.75) is 19.3 Å². The van der Waals surface area contributed by atoms with Crippen LogP contribution in [0.1, 0.15) is 19.3 Å². The van der Waals surface area contributed by atoms with Gasteiger partial charge in [-0.25, -0.2) is 8.42 Å². The number of sulfone groups is 1. The van der Waals surface area contributed by atoms with E-state index in [-0.39, 0.29) is 17.6 Å². The molecule has 1 aromatic rings. The fourth-order valence-electron chi connectivity index (χ4n) is 2.00. The first kappa shape index (κ1) is 15.2. The Kier molecular flexibility index (Phi) is 4.98. The first-order valence-corrected chi connectivity index (χ1v) is 8.96. The molecule has 0 amide bonds. The molecule has 1 saturated heterocycles. The first-order chi connectivity index (χ1) is 9.44. The van der Waals surface area contributed by atoms with Gasteiger partial charge in [0.25, 0.3) is 0 Å². The average molecular weight is 320 g/mol. The monoisotopic (exact) mass is 319 g/mol. The lowest BCUT2D eigenvalue weighted by molar-refractivity contribution is 0.567. The minimum atomic E-state index is -3.01. The minimum absolute atomic E-state index is 0.0232. The number of halogens is 1. The molecule has 0 saturated carbocycles. The van der Waals surface area contributed by atoms with Crippen LogP contribution in [0, 0.1) is 0 Å². The van der Waals surface area contributed by atoms with Gasteiger partial charge in [0, 0.05) is 25.9 Å². The molecule has 2 heterocycles. The normalized spacial score (nSPS) is 16.2. The quantitative estimate of drug-likeness (QED) is 0.865. The second-order valence-electron chi connectivity index (χ2n) is 4.83. The van der Waals surface area contributed by atoms with Crippen molar-refractivity contribution in [1.82, 2.24) is 15.0 Å². The van der Waals surface area contributed by atoms with E-state index < -0.39 is 9.84 Å². The van der Waals surface area contributed by atoms with Gasteiger partial charge in [0.1, 0.15) is 9.84 Å². The Hall–Kier alpha value is -1.15. The molecule has 0 atom stereocenters. The zero-order chi connectivity index (χ0) is 14.6. The number of hydrogen-bond acceptors (Lipinski definition) is 7. The highest BCUT2D eigenvalue weighted by Gasteiger charge is 2.15. The lowest BCUT2D eigenvalue weighted by Crippen LogP contribution is -2.31. The van der Waals surface area contributed by atoms with E-state index in [2.05, 4.69) is 25.2 Å². The van der Waals surface area contributed by atoms with Crippen molar-refractivity contribution in [2.24, 2.45) is 0 Å². The Morgan fingerprint density at radius 1 is 1.20 bits per heavy atom. The molecular formula is C11H18ClN5O2S. The maximum Gasteiger partial charge on any atom is 0.231 e. The molecule has 1 aliphatic rings. The highest BCUT2D eigenvalue weighted by molar-refractivity contribution is 7.90. The second kappa shape index (κ2) is 6.53. The summed E-state index contributed by atoms with van der Waals surface area (Å²) in [6.45, 7) is 2.06. The molecule has 0 spiro atoms. The van der Waals surface area contributed by atoms with Gasteiger partial charge in [0.2, 0.25) is 17.2 Å². The Labute approximate surface area is 123 Å². The summed E-state index contributed by atoms with van der Waals surface area (Å²) in [6, 6.07) is 0. The predicted octanol–water partition coefficient (Wildman–Crippen LogP) is 0.972. The Morgan fingerprint density at radius 2 is 1.90 bits per heavy atom. The van der Waals surface area contributed by atoms with E-state index in [1.807, 2.05) is 0 Å². The van der Waals surface area contributed by atoms with Crippen molar-refractivity contribution in [3.63, 3.8) is 0 Å². The molecule has 1 N–H and O–H groups in total. The van der Waals surface area contributed by atoms with Crippen LogP contribution in [0.5, 0.6) is 0 Å². The zero-order valence-electron chi connectivity index (χ0n) is 11.3. The van der Waals surface area contributed by atoms with Crippen molar-refractivity contribution in [3.8, 4) is 0 Å². The van der Waals surface area contributed by atoms with Crippen molar-refractivity contribution >= 4 is 33.3 Å². The van der Waals surface area contributed by atoms with E-state index in [0.29, 0.717) is 11.9 Å². The first-order valence-electron chi connectivity index (χ1n) is 6.52. The van der Waals surface area contributed by atoms with Gasteiger partial charge in [-0.05, 0) is 30.9 Å². The number of rotatable bonds is 5. The molecule has 0 aromatic carbocycles. The van der Waals surface area contributed by atoms with Gasteiger partial charge in [-0.1, -0.05) is 0 Å². The predicted molar refractivity (Wildman–Crippen MR) is 79.1 cm³/mol. The Morgan fingerprint density at radius 3 is 2.55 bits per heavy atom. The zero-order valence-corrected chi connectivity index (χ0v) is 12.9. The van der Waals surface area contributed by atoms with Gasteiger partial charge in [-0.3, -0.25) is 0 Å². The van der Waals surface area contributed by atoms with E-state index in [1.54, 1.807) is 0 Å². The van der Waals surface area contributed by atoms with Gasteiger partial charge >= 0.3 is 0 Å². The number of hydrogen-bond donors (Lipinski definition) is 1. The highest BCUT2D eigenvalue weighted by Crippen LogP contribution is 2.18. The Balaban J connectivity index is 2.04. The van der Waals surface area contributed by atoms with E-state index in [1.165, 1.54) is 12.7 Å². The van der Waals surface area contributed by atoms with Crippen LogP contribution >= 0.6 is 11.6 Å². The topological polar surface area (TPSA) is 88.1 Å². The van der Waals surface area contributed by atoms with Crippen LogP contribution in [0.2, 0.25) is 5.28 Å². The molecular weight excluding hydrogens is 302 g/mol. The minimum Gasteiger partial charge on any atom is -0.353 e. The molecule has 9 heteroatoms. The van der Waals surface area contributed by atoms with E-state index in [9.17, 15) is 8.42 Å². The largest absolute Gasteiger partial charge is 0.353 e. The molecule has 1 aromatic heterocycles. The van der Waals surface area contributed by atoms with E-state index in [0.717, 1.165) is 25.9 Å². The molecule has 0 bridgehead atoms. The standard InChI is InChI=1S/C11H18ClN5O2S/c1-20(18,19)8-5-13-10-14-9(12)15-11(16-10)17-6-3-2-4-7-17/h2-8H2,1H3,(H,13,14,15,16). The van der Waals surface area contributed by atoms with Gasteiger partial charge < -0.3 is 10.2 Å². The van der Waals surface area contributed by atoms with Crippen molar-refractivity contribution in [2.75, 3.05) is 41.9 Å². The van der Waals surface area contributed by atoms with Crippen molar-refractivity contribution in [1.29, 1.82) is 0 Å². The van der Waals surface area contributed by atoms with Crippen LogP contribution in [0.3, 0.4) is 0 Å². The summed E-state index contributed by atoms with van der Waals surface area (Å²) in [7, 11) is -3.01. The number of aromatic nitrogens is 3. The number of nitrogens with zero attached hydrogens (tertiary/aromatic N) is 4. The second-order valence-corrected chi connectivity index (χ2v) is 7.43. The van der Waals surface area contributed by atoms with Crippen LogP contribution in [-0.4, -0.2) is 55.0 Å². The third kappa shape index (κ3) is 4.75. The highest BCUT2D eigenvalue weighted by atomic mass is 35.5. The van der Waals surface area contributed by atoms with Crippen LogP contribution in [0.25, 0.3) is 0 Å². The SMILES string of the molecule is CS(=O)(=O)CCNc1nc(Cl)nc(N2CCCCC2)n1. The summed E-state index contributed by atoms with van der Waals surface area (Å²) < 4.78 is 22.2. The molecule has 1 aliphatic heterocycles. The van der Waals surface area contributed by atoms with Gasteiger partial charge in [0.05, 0.1) is 5.75 Å². The molecule has 0 aliphatic carbocycles. The maximum absolute atomic E-state index is 11.1. The summed E-state index contributed by atoms with van der Waals surface area (Å²) >= 11 is 5.89. The Bertz CT molecular complexity index is 560. The molecule has 2 rings (SSSR count). The van der Waals surface area contributed by atoms with Crippen LogP contribution in [-0.2, 0) is 9.84 Å². The van der Waals surface area contributed by atoms with Gasteiger partial charge in [-0.2, -0.15) is 15.0 Å². The summed E-state index contributed by atoms with van der Waals surface area (Å²) in [5.74, 6) is 0.885. The fourth-order valence-corrected chi connectivity index (χ4v) is 2.63. The van der Waals surface area contributed by atoms with Crippen molar-refractivity contribution in [3.05, 3.63) is 5.28 Å². The van der Waals surface area contributed by atoms with E-state index >= 15 is 0 Å². The summed E-state index contributed by atoms with van der Waals surface area (Å²) in [4.78, 5) is 14.4. The van der Waals surface area contributed by atoms with Gasteiger partial charge in [-0.15, -0.1) is 0 Å².